The predicted molar refractivity (Wildman–Crippen MR) is 122 cm³/mol. The van der Waals surface area contributed by atoms with E-state index < -0.39 is 0 Å². The maximum atomic E-state index is 13.6. The number of aromatic nitrogens is 3. The Morgan fingerprint density at radius 2 is 2.06 bits per heavy atom. The molecule has 2 aromatic carbocycles. The van der Waals surface area contributed by atoms with Crippen molar-refractivity contribution in [3.05, 3.63) is 88.9 Å². The number of rotatable bonds is 4. The number of imidazole rings is 1. The standard InChI is InChI=1S/C23H20ClFN6O/c1-14-9-20(17-5-3-4-6-18(17)24)27-22(31(14)12-16-11-30(2)13-26-16)29-23-28-19-8-7-15(25)10-21(19)32-23/h3-11,13,20H,12H2,1-2H3,(H,27,28,29). The highest BCUT2D eigenvalue weighted by molar-refractivity contribution is 6.31. The van der Waals surface area contributed by atoms with Gasteiger partial charge in [-0.05, 0) is 36.8 Å². The van der Waals surface area contributed by atoms with Crippen LogP contribution in [0, 0.1) is 5.82 Å². The lowest BCUT2D eigenvalue weighted by Crippen LogP contribution is -2.37. The lowest BCUT2D eigenvalue weighted by molar-refractivity contribution is 0.476. The van der Waals surface area contributed by atoms with Gasteiger partial charge in [-0.3, -0.25) is 5.32 Å². The van der Waals surface area contributed by atoms with Crippen molar-refractivity contribution in [3.63, 3.8) is 0 Å². The minimum Gasteiger partial charge on any atom is -0.423 e. The van der Waals surface area contributed by atoms with Crippen LogP contribution in [-0.2, 0) is 13.6 Å². The molecule has 1 aliphatic heterocycles. The second-order valence-electron chi connectivity index (χ2n) is 7.60. The number of aryl methyl sites for hydroxylation is 1. The molecule has 5 rings (SSSR count). The number of halogens is 2. The average Bonchev–Trinajstić information content (AvgIpc) is 3.35. The van der Waals surface area contributed by atoms with E-state index in [-0.39, 0.29) is 17.9 Å². The zero-order chi connectivity index (χ0) is 22.2. The predicted octanol–water partition coefficient (Wildman–Crippen LogP) is 5.28. The van der Waals surface area contributed by atoms with Gasteiger partial charge in [0, 0.05) is 30.0 Å². The van der Waals surface area contributed by atoms with Crippen molar-refractivity contribution in [1.29, 1.82) is 0 Å². The van der Waals surface area contributed by atoms with Gasteiger partial charge in [-0.25, -0.2) is 14.4 Å². The summed E-state index contributed by atoms with van der Waals surface area (Å²) in [7, 11) is 1.92. The number of nitrogens with one attached hydrogen (secondary N) is 1. The molecule has 1 aliphatic rings. The molecular formula is C23H20ClFN6O. The summed E-state index contributed by atoms with van der Waals surface area (Å²) < 4.78 is 21.2. The SMILES string of the molecule is CC1=CC(c2ccccc2Cl)N=C(Nc2nc3ccc(F)cc3o2)N1Cc1cn(C)cn1. The minimum atomic E-state index is -0.385. The van der Waals surface area contributed by atoms with Crippen LogP contribution >= 0.6 is 11.6 Å². The molecule has 4 aromatic rings. The highest BCUT2D eigenvalue weighted by Gasteiger charge is 2.25. The quantitative estimate of drug-likeness (QED) is 0.458. The van der Waals surface area contributed by atoms with E-state index in [0.717, 1.165) is 17.0 Å². The van der Waals surface area contributed by atoms with E-state index in [9.17, 15) is 4.39 Å². The molecule has 1 N–H and O–H groups in total. The van der Waals surface area contributed by atoms with Crippen LogP contribution in [0.2, 0.25) is 5.02 Å². The summed E-state index contributed by atoms with van der Waals surface area (Å²) >= 11 is 6.44. The number of fused-ring (bicyclic) bond motifs is 1. The number of aliphatic imine (C=N–C) groups is 1. The van der Waals surface area contributed by atoms with E-state index in [1.807, 2.05) is 53.9 Å². The van der Waals surface area contributed by atoms with Crippen molar-refractivity contribution < 1.29 is 8.81 Å². The molecule has 1 unspecified atom stereocenters. The first-order chi connectivity index (χ1) is 15.5. The van der Waals surface area contributed by atoms with E-state index in [4.69, 9.17) is 21.0 Å². The molecule has 9 heteroatoms. The highest BCUT2D eigenvalue weighted by atomic mass is 35.5. The van der Waals surface area contributed by atoms with Gasteiger partial charge in [0.15, 0.2) is 5.58 Å². The molecular weight excluding hydrogens is 431 g/mol. The third-order valence-electron chi connectivity index (χ3n) is 5.21. The first-order valence-corrected chi connectivity index (χ1v) is 10.4. The van der Waals surface area contributed by atoms with Gasteiger partial charge in [-0.1, -0.05) is 29.8 Å². The summed E-state index contributed by atoms with van der Waals surface area (Å²) in [5, 5.41) is 3.81. The molecule has 3 heterocycles. The fourth-order valence-electron chi connectivity index (χ4n) is 3.66. The Balaban J connectivity index is 1.52. The smallest absolute Gasteiger partial charge is 0.302 e. The number of hydrogen-bond acceptors (Lipinski definition) is 6. The second-order valence-corrected chi connectivity index (χ2v) is 8.01. The fraction of sp³-hybridized carbons (Fsp3) is 0.174. The zero-order valence-corrected chi connectivity index (χ0v) is 18.2. The van der Waals surface area contributed by atoms with Crippen LogP contribution in [0.4, 0.5) is 10.4 Å². The van der Waals surface area contributed by atoms with Crippen LogP contribution in [0.1, 0.15) is 24.2 Å². The van der Waals surface area contributed by atoms with Crippen molar-refractivity contribution >= 4 is 34.7 Å². The van der Waals surface area contributed by atoms with Crippen molar-refractivity contribution in [1.82, 2.24) is 19.4 Å². The molecule has 0 aliphatic carbocycles. The van der Waals surface area contributed by atoms with Crippen LogP contribution < -0.4 is 5.32 Å². The van der Waals surface area contributed by atoms with E-state index >= 15 is 0 Å². The summed E-state index contributed by atoms with van der Waals surface area (Å²) in [6.45, 7) is 2.50. The summed E-state index contributed by atoms with van der Waals surface area (Å²) in [6.07, 6.45) is 5.76. The summed E-state index contributed by atoms with van der Waals surface area (Å²) in [6, 6.07) is 11.8. The van der Waals surface area contributed by atoms with E-state index in [0.29, 0.717) is 28.6 Å². The molecule has 32 heavy (non-hydrogen) atoms. The third-order valence-corrected chi connectivity index (χ3v) is 5.56. The number of allylic oxidation sites excluding steroid dienone is 1. The molecule has 162 valence electrons. The maximum Gasteiger partial charge on any atom is 0.302 e. The second kappa shape index (κ2) is 8.12. The molecule has 0 amide bonds. The topological polar surface area (TPSA) is 71.5 Å². The molecule has 7 nitrogen and oxygen atoms in total. The van der Waals surface area contributed by atoms with Crippen LogP contribution in [-0.4, -0.2) is 25.4 Å². The number of oxazole rings is 1. The Kier molecular flexibility index (Phi) is 5.14. The summed E-state index contributed by atoms with van der Waals surface area (Å²) in [5.41, 5.74) is 3.65. The van der Waals surface area contributed by atoms with Crippen molar-refractivity contribution in [2.75, 3.05) is 5.32 Å². The molecule has 0 fully saturated rings. The van der Waals surface area contributed by atoms with Crippen molar-refractivity contribution in [2.24, 2.45) is 12.0 Å². The van der Waals surface area contributed by atoms with Gasteiger partial charge < -0.3 is 13.9 Å². The number of anilines is 1. The largest absolute Gasteiger partial charge is 0.423 e. The van der Waals surface area contributed by atoms with Gasteiger partial charge >= 0.3 is 6.01 Å². The summed E-state index contributed by atoms with van der Waals surface area (Å²) in [4.78, 5) is 15.7. The maximum absolute atomic E-state index is 13.6. The molecule has 0 spiro atoms. The van der Waals surface area contributed by atoms with Gasteiger partial charge in [-0.2, -0.15) is 4.98 Å². The summed E-state index contributed by atoms with van der Waals surface area (Å²) in [5.74, 6) is 0.150. The number of benzene rings is 2. The third kappa shape index (κ3) is 3.97. The lowest BCUT2D eigenvalue weighted by Gasteiger charge is -2.31. The normalized spacial score (nSPS) is 16.2. The van der Waals surface area contributed by atoms with Crippen molar-refractivity contribution in [2.45, 2.75) is 19.5 Å². The lowest BCUT2D eigenvalue weighted by atomic mass is 10.0. The van der Waals surface area contributed by atoms with Crippen LogP contribution in [0.25, 0.3) is 11.1 Å². The molecule has 2 aromatic heterocycles. The van der Waals surface area contributed by atoms with Gasteiger partial charge in [0.05, 0.1) is 18.6 Å². The van der Waals surface area contributed by atoms with Crippen molar-refractivity contribution in [3.8, 4) is 0 Å². The molecule has 0 saturated carbocycles. The number of hydrogen-bond donors (Lipinski definition) is 1. The molecule has 0 saturated heterocycles. The van der Waals surface area contributed by atoms with E-state index in [1.165, 1.54) is 12.1 Å². The van der Waals surface area contributed by atoms with Gasteiger partial charge in [0.25, 0.3) is 0 Å². The molecule has 1 atom stereocenters. The van der Waals surface area contributed by atoms with Gasteiger partial charge in [-0.15, -0.1) is 0 Å². The van der Waals surface area contributed by atoms with Crippen LogP contribution in [0.3, 0.4) is 0 Å². The first kappa shape index (κ1) is 20.3. The van der Waals surface area contributed by atoms with E-state index in [2.05, 4.69) is 21.4 Å². The average molecular weight is 451 g/mol. The minimum absolute atomic E-state index is 0.225. The Morgan fingerprint density at radius 3 is 2.84 bits per heavy atom. The fourth-order valence-corrected chi connectivity index (χ4v) is 3.90. The van der Waals surface area contributed by atoms with Crippen LogP contribution in [0.5, 0.6) is 0 Å². The monoisotopic (exact) mass is 450 g/mol. The van der Waals surface area contributed by atoms with E-state index in [1.54, 1.807) is 12.4 Å². The first-order valence-electron chi connectivity index (χ1n) is 10.0. The Labute approximate surface area is 188 Å². The van der Waals surface area contributed by atoms with Crippen LogP contribution in [0.15, 0.2) is 76.2 Å². The Hall–Kier alpha value is -3.65. The Bertz CT molecular complexity index is 1360. The molecule has 0 bridgehead atoms. The highest BCUT2D eigenvalue weighted by Crippen LogP contribution is 2.32. The Morgan fingerprint density at radius 1 is 1.22 bits per heavy atom. The van der Waals surface area contributed by atoms with Gasteiger partial charge in [0.1, 0.15) is 17.4 Å². The zero-order valence-electron chi connectivity index (χ0n) is 17.5. The number of guanidine groups is 1. The molecule has 0 radical (unpaired) electrons. The van der Waals surface area contributed by atoms with Gasteiger partial charge in [0.2, 0.25) is 5.96 Å². The number of nitrogens with zero attached hydrogens (tertiary/aromatic N) is 5.